The van der Waals surface area contributed by atoms with E-state index in [0.29, 0.717) is 5.92 Å². The Hall–Kier alpha value is -0.0800. The van der Waals surface area contributed by atoms with Crippen molar-refractivity contribution >= 4 is 0 Å². The Morgan fingerprint density at radius 3 is 2.83 bits per heavy atom. The van der Waals surface area contributed by atoms with Crippen LogP contribution in [0.2, 0.25) is 0 Å². The number of nitrogens with one attached hydrogen (secondary N) is 1. The van der Waals surface area contributed by atoms with Crippen LogP contribution < -0.4 is 5.32 Å². The number of rotatable bonds is 3. The van der Waals surface area contributed by atoms with Crippen LogP contribution in [-0.4, -0.2) is 23.8 Å². The molecule has 0 aromatic carbocycles. The average Bonchev–Trinajstić information content (AvgIpc) is 2.06. The van der Waals surface area contributed by atoms with E-state index < -0.39 is 5.60 Å². The molecule has 1 rings (SSSR count). The molecule has 0 radical (unpaired) electrons. The highest BCUT2D eigenvalue weighted by Crippen LogP contribution is 2.27. The van der Waals surface area contributed by atoms with Crippen molar-refractivity contribution in [2.45, 2.75) is 45.1 Å². The highest BCUT2D eigenvalue weighted by Gasteiger charge is 2.31. The predicted octanol–water partition coefficient (Wildman–Crippen LogP) is 1.54. The molecule has 2 nitrogen and oxygen atoms in total. The van der Waals surface area contributed by atoms with Crippen LogP contribution in [0.3, 0.4) is 0 Å². The summed E-state index contributed by atoms with van der Waals surface area (Å²) in [6.07, 6.45) is 4.40. The van der Waals surface area contributed by atoms with Gasteiger partial charge < -0.3 is 10.4 Å². The number of piperidine rings is 1. The van der Waals surface area contributed by atoms with Crippen molar-refractivity contribution in [2.24, 2.45) is 5.92 Å². The summed E-state index contributed by atoms with van der Waals surface area (Å²) in [7, 11) is 0. The highest BCUT2D eigenvalue weighted by atomic mass is 16.3. The quantitative estimate of drug-likeness (QED) is 0.675. The molecule has 1 heterocycles. The van der Waals surface area contributed by atoms with Gasteiger partial charge in [0.05, 0.1) is 5.60 Å². The minimum atomic E-state index is -0.442. The van der Waals surface area contributed by atoms with Gasteiger partial charge in [0.1, 0.15) is 0 Å². The van der Waals surface area contributed by atoms with Crippen LogP contribution in [-0.2, 0) is 0 Å². The maximum Gasteiger partial charge on any atom is 0.0659 e. The lowest BCUT2D eigenvalue weighted by atomic mass is 9.81. The van der Waals surface area contributed by atoms with Crippen LogP contribution in [0.5, 0.6) is 0 Å². The second-order valence-electron chi connectivity index (χ2n) is 4.15. The second kappa shape index (κ2) is 4.24. The van der Waals surface area contributed by atoms with Crippen molar-refractivity contribution in [1.29, 1.82) is 0 Å². The summed E-state index contributed by atoms with van der Waals surface area (Å²) in [5.74, 6) is 0.464. The molecule has 72 valence electrons. The van der Waals surface area contributed by atoms with Crippen LogP contribution in [0, 0.1) is 5.92 Å². The zero-order chi connectivity index (χ0) is 9.03. The zero-order valence-electron chi connectivity index (χ0n) is 8.27. The molecule has 0 amide bonds. The molecular formula is C10H21NO. The Bertz CT molecular complexity index is 128. The van der Waals surface area contributed by atoms with E-state index in [1.807, 2.05) is 6.92 Å². The maximum absolute atomic E-state index is 10.1. The van der Waals surface area contributed by atoms with Gasteiger partial charge in [-0.15, -0.1) is 0 Å². The van der Waals surface area contributed by atoms with E-state index in [-0.39, 0.29) is 0 Å². The fourth-order valence-corrected chi connectivity index (χ4v) is 2.09. The molecule has 0 spiro atoms. The van der Waals surface area contributed by atoms with Crippen molar-refractivity contribution in [3.05, 3.63) is 0 Å². The molecule has 1 aliphatic heterocycles. The summed E-state index contributed by atoms with van der Waals surface area (Å²) in [6.45, 7) is 6.23. The van der Waals surface area contributed by atoms with E-state index in [0.717, 1.165) is 25.9 Å². The van der Waals surface area contributed by atoms with E-state index in [4.69, 9.17) is 0 Å². The van der Waals surface area contributed by atoms with Gasteiger partial charge in [-0.05, 0) is 38.6 Å². The van der Waals surface area contributed by atoms with E-state index in [1.165, 1.54) is 12.8 Å². The van der Waals surface area contributed by atoms with Crippen molar-refractivity contribution in [3.63, 3.8) is 0 Å². The first-order valence-corrected chi connectivity index (χ1v) is 5.10. The van der Waals surface area contributed by atoms with Gasteiger partial charge in [-0.1, -0.05) is 13.3 Å². The fraction of sp³-hybridized carbons (Fsp3) is 1.00. The van der Waals surface area contributed by atoms with Gasteiger partial charge in [0.25, 0.3) is 0 Å². The molecule has 0 aromatic heterocycles. The Morgan fingerprint density at radius 2 is 2.33 bits per heavy atom. The number of aliphatic hydroxyl groups is 1. The lowest BCUT2D eigenvalue weighted by Crippen LogP contribution is -2.44. The van der Waals surface area contributed by atoms with Gasteiger partial charge in [-0.3, -0.25) is 0 Å². The summed E-state index contributed by atoms with van der Waals surface area (Å²) in [6, 6.07) is 0. The van der Waals surface area contributed by atoms with E-state index in [9.17, 15) is 5.11 Å². The molecule has 2 unspecified atom stereocenters. The highest BCUT2D eigenvalue weighted by molar-refractivity contribution is 4.85. The molecule has 1 aliphatic rings. The summed E-state index contributed by atoms with van der Waals surface area (Å²) in [5.41, 5.74) is -0.442. The summed E-state index contributed by atoms with van der Waals surface area (Å²) in [4.78, 5) is 0. The van der Waals surface area contributed by atoms with E-state index in [1.54, 1.807) is 0 Å². The van der Waals surface area contributed by atoms with Crippen LogP contribution in [0.1, 0.15) is 39.5 Å². The van der Waals surface area contributed by atoms with Crippen LogP contribution in [0.15, 0.2) is 0 Å². The van der Waals surface area contributed by atoms with Crippen molar-refractivity contribution in [2.75, 3.05) is 13.1 Å². The van der Waals surface area contributed by atoms with Crippen LogP contribution >= 0.6 is 0 Å². The lowest BCUT2D eigenvalue weighted by molar-refractivity contribution is -0.0184. The van der Waals surface area contributed by atoms with Crippen molar-refractivity contribution < 1.29 is 5.11 Å². The molecule has 12 heavy (non-hydrogen) atoms. The molecule has 0 aliphatic carbocycles. The van der Waals surface area contributed by atoms with E-state index >= 15 is 0 Å². The molecule has 0 bridgehead atoms. The molecule has 2 heteroatoms. The van der Waals surface area contributed by atoms with Gasteiger partial charge in [0.15, 0.2) is 0 Å². The third-order valence-electron chi connectivity index (χ3n) is 2.93. The van der Waals surface area contributed by atoms with Gasteiger partial charge in [0, 0.05) is 6.54 Å². The number of hydrogen-bond donors (Lipinski definition) is 2. The Kier molecular flexibility index (Phi) is 3.53. The molecular weight excluding hydrogens is 150 g/mol. The van der Waals surface area contributed by atoms with Gasteiger partial charge in [-0.2, -0.15) is 0 Å². The van der Waals surface area contributed by atoms with E-state index in [2.05, 4.69) is 12.2 Å². The molecule has 0 saturated carbocycles. The SMILES string of the molecule is CCCC(C)(O)C1CCCNC1. The van der Waals surface area contributed by atoms with Gasteiger partial charge >= 0.3 is 0 Å². The molecule has 1 saturated heterocycles. The number of hydrogen-bond acceptors (Lipinski definition) is 2. The van der Waals surface area contributed by atoms with Gasteiger partial charge in [0.2, 0.25) is 0 Å². The van der Waals surface area contributed by atoms with Crippen molar-refractivity contribution in [1.82, 2.24) is 5.32 Å². The largest absolute Gasteiger partial charge is 0.390 e. The average molecular weight is 171 g/mol. The Labute approximate surface area is 75.4 Å². The maximum atomic E-state index is 10.1. The molecule has 2 atom stereocenters. The smallest absolute Gasteiger partial charge is 0.0659 e. The molecule has 1 fully saturated rings. The topological polar surface area (TPSA) is 32.3 Å². The minimum absolute atomic E-state index is 0.442. The third-order valence-corrected chi connectivity index (χ3v) is 2.93. The normalized spacial score (nSPS) is 29.8. The van der Waals surface area contributed by atoms with Crippen molar-refractivity contribution in [3.8, 4) is 0 Å². The first kappa shape index (κ1) is 10.0. The minimum Gasteiger partial charge on any atom is -0.390 e. The third kappa shape index (κ3) is 2.46. The zero-order valence-corrected chi connectivity index (χ0v) is 8.27. The fourth-order valence-electron chi connectivity index (χ4n) is 2.09. The molecule has 0 aromatic rings. The Balaban J connectivity index is 2.41. The Morgan fingerprint density at radius 1 is 1.58 bits per heavy atom. The lowest BCUT2D eigenvalue weighted by Gasteiger charge is -2.35. The summed E-state index contributed by atoms with van der Waals surface area (Å²) < 4.78 is 0. The van der Waals surface area contributed by atoms with Crippen LogP contribution in [0.4, 0.5) is 0 Å². The summed E-state index contributed by atoms with van der Waals surface area (Å²) >= 11 is 0. The van der Waals surface area contributed by atoms with Gasteiger partial charge in [-0.25, -0.2) is 0 Å². The summed E-state index contributed by atoms with van der Waals surface area (Å²) in [5, 5.41) is 13.4. The van der Waals surface area contributed by atoms with Crippen LogP contribution in [0.25, 0.3) is 0 Å². The predicted molar refractivity (Wildman–Crippen MR) is 51.1 cm³/mol. The standard InChI is InChI=1S/C10H21NO/c1-3-6-10(2,12)9-5-4-7-11-8-9/h9,11-12H,3-8H2,1-2H3. The first-order valence-electron chi connectivity index (χ1n) is 5.10. The second-order valence-corrected chi connectivity index (χ2v) is 4.15. The monoisotopic (exact) mass is 171 g/mol. The first-order chi connectivity index (χ1) is 5.67. The molecule has 2 N–H and O–H groups in total.